The molecule has 9 aromatic rings. The van der Waals surface area contributed by atoms with Crippen LogP contribution in [-0.4, -0.2) is 9.97 Å². The van der Waals surface area contributed by atoms with Gasteiger partial charge in [0.1, 0.15) is 11.2 Å². The van der Waals surface area contributed by atoms with Crippen molar-refractivity contribution in [3.8, 4) is 44.9 Å². The third-order valence-corrected chi connectivity index (χ3v) is 8.65. The Morgan fingerprint density at radius 2 is 1.07 bits per heavy atom. The first-order valence-corrected chi connectivity index (χ1v) is 15.2. The zero-order chi connectivity index (χ0) is 29.7. The van der Waals surface area contributed by atoms with Crippen LogP contribution in [0.2, 0.25) is 0 Å². The molecule has 7 aromatic carbocycles. The van der Waals surface area contributed by atoms with E-state index < -0.39 is 0 Å². The summed E-state index contributed by atoms with van der Waals surface area (Å²) in [5.41, 5.74) is 10.1. The zero-order valence-corrected chi connectivity index (χ0v) is 24.3. The first kappa shape index (κ1) is 25.4. The van der Waals surface area contributed by atoms with E-state index in [1.54, 1.807) is 0 Å². The average Bonchev–Trinajstić information content (AvgIpc) is 3.50. The van der Waals surface area contributed by atoms with Crippen LogP contribution in [0.4, 0.5) is 0 Å². The predicted octanol–water partition coefficient (Wildman–Crippen LogP) is 11.4. The topological polar surface area (TPSA) is 38.9 Å². The second kappa shape index (κ2) is 10.3. The van der Waals surface area contributed by atoms with Crippen molar-refractivity contribution in [3.05, 3.63) is 158 Å². The largest absolute Gasteiger partial charge is 0.455 e. The molecule has 2 heterocycles. The van der Waals surface area contributed by atoms with E-state index in [0.717, 1.165) is 82.7 Å². The minimum Gasteiger partial charge on any atom is -0.455 e. The highest BCUT2D eigenvalue weighted by molar-refractivity contribution is 6.19. The first-order chi connectivity index (χ1) is 22.3. The fourth-order valence-corrected chi connectivity index (χ4v) is 6.51. The highest BCUT2D eigenvalue weighted by Crippen LogP contribution is 2.41. The van der Waals surface area contributed by atoms with E-state index in [4.69, 9.17) is 14.4 Å². The summed E-state index contributed by atoms with van der Waals surface area (Å²) < 4.78 is 6.54. The maximum absolute atomic E-state index is 6.54. The number of hydrogen-bond donors (Lipinski definition) is 0. The van der Waals surface area contributed by atoms with Crippen LogP contribution in [0.1, 0.15) is 0 Å². The molecule has 3 nitrogen and oxygen atoms in total. The van der Waals surface area contributed by atoms with E-state index in [1.807, 2.05) is 30.3 Å². The molecule has 0 radical (unpaired) electrons. The van der Waals surface area contributed by atoms with Gasteiger partial charge >= 0.3 is 0 Å². The molecular formula is C42H26N2O. The number of hydrogen-bond acceptors (Lipinski definition) is 3. The fraction of sp³-hybridized carbons (Fsp3) is 0. The van der Waals surface area contributed by atoms with Gasteiger partial charge in [-0.05, 0) is 64.0 Å². The molecule has 3 heteroatoms. The molecule has 0 fully saturated rings. The van der Waals surface area contributed by atoms with E-state index in [-0.39, 0.29) is 0 Å². The summed E-state index contributed by atoms with van der Waals surface area (Å²) in [6, 6.07) is 54.9. The van der Waals surface area contributed by atoms with E-state index in [9.17, 15) is 0 Å². The first-order valence-electron chi connectivity index (χ1n) is 15.2. The van der Waals surface area contributed by atoms with Gasteiger partial charge in [-0.15, -0.1) is 0 Å². The van der Waals surface area contributed by atoms with Crippen LogP contribution in [0.5, 0.6) is 0 Å². The quantitative estimate of drug-likeness (QED) is 0.210. The van der Waals surface area contributed by atoms with Crippen LogP contribution in [0.15, 0.2) is 162 Å². The molecule has 0 saturated carbocycles. The monoisotopic (exact) mass is 574 g/mol. The van der Waals surface area contributed by atoms with Gasteiger partial charge in [0.15, 0.2) is 5.82 Å². The molecule has 0 aliphatic rings. The Morgan fingerprint density at radius 3 is 1.82 bits per heavy atom. The molecular weight excluding hydrogens is 548 g/mol. The van der Waals surface area contributed by atoms with Gasteiger partial charge in [0.2, 0.25) is 0 Å². The summed E-state index contributed by atoms with van der Waals surface area (Å²) in [6.07, 6.45) is 0. The molecule has 0 unspecified atom stereocenters. The summed E-state index contributed by atoms with van der Waals surface area (Å²) in [6.45, 7) is 0. The Balaban J connectivity index is 1.33. The van der Waals surface area contributed by atoms with Gasteiger partial charge < -0.3 is 4.42 Å². The number of rotatable bonds is 4. The number of aromatic nitrogens is 2. The minimum absolute atomic E-state index is 0.687. The molecule has 210 valence electrons. The van der Waals surface area contributed by atoms with Crippen molar-refractivity contribution in [2.45, 2.75) is 0 Å². The maximum Gasteiger partial charge on any atom is 0.160 e. The Kier molecular flexibility index (Phi) is 5.82. The van der Waals surface area contributed by atoms with Crippen molar-refractivity contribution in [2.75, 3.05) is 0 Å². The van der Waals surface area contributed by atoms with E-state index in [1.165, 1.54) is 0 Å². The van der Waals surface area contributed by atoms with Crippen molar-refractivity contribution in [2.24, 2.45) is 0 Å². The lowest BCUT2D eigenvalue weighted by Gasteiger charge is -2.14. The van der Waals surface area contributed by atoms with Crippen molar-refractivity contribution in [1.82, 2.24) is 9.97 Å². The van der Waals surface area contributed by atoms with Crippen LogP contribution >= 0.6 is 0 Å². The Hall–Kier alpha value is -6.06. The lowest BCUT2D eigenvalue weighted by atomic mass is 9.95. The third-order valence-electron chi connectivity index (χ3n) is 8.65. The molecule has 0 aliphatic heterocycles. The second-order valence-electron chi connectivity index (χ2n) is 11.4. The van der Waals surface area contributed by atoms with Gasteiger partial charge in [-0.1, -0.05) is 121 Å². The molecule has 2 aromatic heterocycles. The van der Waals surface area contributed by atoms with Crippen LogP contribution < -0.4 is 0 Å². The molecule has 0 aliphatic carbocycles. The highest BCUT2D eigenvalue weighted by atomic mass is 16.3. The number of benzene rings is 7. The third kappa shape index (κ3) is 4.29. The second-order valence-corrected chi connectivity index (χ2v) is 11.4. The summed E-state index contributed by atoms with van der Waals surface area (Å²) in [5, 5.41) is 5.39. The lowest BCUT2D eigenvalue weighted by molar-refractivity contribution is 0.673. The normalized spacial score (nSPS) is 11.6. The van der Waals surface area contributed by atoms with Crippen molar-refractivity contribution >= 4 is 43.6 Å². The van der Waals surface area contributed by atoms with Gasteiger partial charge in [-0.25, -0.2) is 9.97 Å². The molecule has 0 atom stereocenters. The smallest absolute Gasteiger partial charge is 0.160 e. The van der Waals surface area contributed by atoms with E-state index in [2.05, 4.69) is 127 Å². The fourth-order valence-electron chi connectivity index (χ4n) is 6.51. The predicted molar refractivity (Wildman–Crippen MR) is 186 cm³/mol. The number of nitrogens with zero attached hydrogens (tertiary/aromatic N) is 2. The molecule has 0 saturated heterocycles. The minimum atomic E-state index is 0.687. The molecule has 45 heavy (non-hydrogen) atoms. The van der Waals surface area contributed by atoms with Gasteiger partial charge in [0.05, 0.1) is 11.2 Å². The SMILES string of the molecule is c1ccc(-c2cc(-c3ccccc3)cc(-c3nc(-c4cccc5ccc6c7ccccc7oc6c45)c4ccccc4n3)c2)cc1. The lowest BCUT2D eigenvalue weighted by Crippen LogP contribution is -1.97. The van der Waals surface area contributed by atoms with Crippen molar-refractivity contribution in [3.63, 3.8) is 0 Å². The summed E-state index contributed by atoms with van der Waals surface area (Å²) in [7, 11) is 0. The molecule has 0 amide bonds. The molecule has 9 rings (SSSR count). The summed E-state index contributed by atoms with van der Waals surface area (Å²) in [4.78, 5) is 10.5. The van der Waals surface area contributed by atoms with Crippen molar-refractivity contribution in [1.29, 1.82) is 0 Å². The van der Waals surface area contributed by atoms with Crippen LogP contribution in [0.3, 0.4) is 0 Å². The van der Waals surface area contributed by atoms with Gasteiger partial charge in [0, 0.05) is 32.7 Å². The zero-order valence-electron chi connectivity index (χ0n) is 24.3. The average molecular weight is 575 g/mol. The van der Waals surface area contributed by atoms with Crippen LogP contribution in [0.25, 0.3) is 88.5 Å². The molecule has 0 bridgehead atoms. The summed E-state index contributed by atoms with van der Waals surface area (Å²) >= 11 is 0. The number of fused-ring (bicyclic) bond motifs is 6. The Morgan fingerprint density at radius 1 is 0.422 bits per heavy atom. The standard InChI is InChI=1S/C42H26N2O/c1-3-12-27(13-4-1)30-24-31(28-14-5-2-6-15-28)26-32(25-30)42-43-37-20-9-7-18-35(37)40(44-42)36-19-11-16-29-22-23-34-33-17-8-10-21-38(33)45-41(34)39(29)36/h1-26H. The van der Waals surface area contributed by atoms with Crippen LogP contribution in [-0.2, 0) is 0 Å². The molecule has 0 spiro atoms. The van der Waals surface area contributed by atoms with Gasteiger partial charge in [-0.3, -0.25) is 0 Å². The number of para-hydroxylation sites is 2. The summed E-state index contributed by atoms with van der Waals surface area (Å²) in [5.74, 6) is 0.687. The van der Waals surface area contributed by atoms with Gasteiger partial charge in [-0.2, -0.15) is 0 Å². The molecule has 0 N–H and O–H groups in total. The van der Waals surface area contributed by atoms with E-state index in [0.29, 0.717) is 5.82 Å². The van der Waals surface area contributed by atoms with E-state index >= 15 is 0 Å². The Labute approximate surface area is 260 Å². The maximum atomic E-state index is 6.54. The van der Waals surface area contributed by atoms with Crippen LogP contribution in [0, 0.1) is 0 Å². The van der Waals surface area contributed by atoms with Crippen molar-refractivity contribution < 1.29 is 4.42 Å². The Bertz CT molecular complexity index is 2470. The highest BCUT2D eigenvalue weighted by Gasteiger charge is 2.18. The number of furan rings is 1. The van der Waals surface area contributed by atoms with Gasteiger partial charge in [0.25, 0.3) is 0 Å².